The molecule has 0 unspecified atom stereocenters. The van der Waals surface area contributed by atoms with Gasteiger partial charge in [0.15, 0.2) is 0 Å². The van der Waals surface area contributed by atoms with E-state index in [0.29, 0.717) is 5.92 Å². The maximum atomic E-state index is 12.3. The van der Waals surface area contributed by atoms with Gasteiger partial charge < -0.3 is 9.64 Å². The molecule has 1 aromatic heterocycles. The number of thiophene rings is 1. The van der Waals surface area contributed by atoms with Crippen molar-refractivity contribution in [1.82, 2.24) is 4.90 Å². The minimum Gasteiger partial charge on any atom is -0.497 e. The molecule has 20 heavy (non-hydrogen) atoms. The second-order valence-electron chi connectivity index (χ2n) is 5.02. The van der Waals surface area contributed by atoms with Crippen LogP contribution in [-0.4, -0.2) is 31.0 Å². The Bertz CT molecular complexity index is 577. The van der Waals surface area contributed by atoms with E-state index < -0.39 is 0 Å². The Balaban J connectivity index is 1.68. The zero-order valence-corrected chi connectivity index (χ0v) is 12.2. The van der Waals surface area contributed by atoms with E-state index in [9.17, 15) is 4.79 Å². The summed E-state index contributed by atoms with van der Waals surface area (Å²) in [5.74, 6) is 1.46. The summed E-state index contributed by atoms with van der Waals surface area (Å²) in [4.78, 5) is 14.3. The van der Waals surface area contributed by atoms with Crippen LogP contribution in [0, 0.1) is 0 Å². The minimum atomic E-state index is 0.155. The normalized spacial score (nSPS) is 18.2. The van der Waals surface area contributed by atoms with Gasteiger partial charge in [-0.1, -0.05) is 12.1 Å². The lowest BCUT2D eigenvalue weighted by Gasteiger charge is -2.16. The second-order valence-corrected chi connectivity index (χ2v) is 5.80. The maximum absolute atomic E-state index is 12.3. The number of methoxy groups -OCH3 is 1. The lowest BCUT2D eigenvalue weighted by molar-refractivity contribution is 0.0791. The Morgan fingerprint density at radius 3 is 2.75 bits per heavy atom. The molecule has 3 nitrogen and oxygen atoms in total. The molecule has 1 fully saturated rings. The van der Waals surface area contributed by atoms with E-state index in [2.05, 4.69) is 12.1 Å². The highest BCUT2D eigenvalue weighted by Gasteiger charge is 2.27. The molecule has 4 heteroatoms. The number of ether oxygens (including phenoxy) is 1. The average molecular weight is 287 g/mol. The molecule has 0 saturated carbocycles. The summed E-state index contributed by atoms with van der Waals surface area (Å²) in [6.07, 6.45) is 1.03. The van der Waals surface area contributed by atoms with Crippen LogP contribution in [0.2, 0.25) is 0 Å². The summed E-state index contributed by atoms with van der Waals surface area (Å²) in [5, 5.41) is 3.87. The summed E-state index contributed by atoms with van der Waals surface area (Å²) < 4.78 is 5.18. The molecule has 2 aromatic rings. The zero-order valence-electron chi connectivity index (χ0n) is 11.4. The largest absolute Gasteiger partial charge is 0.497 e. The van der Waals surface area contributed by atoms with E-state index in [1.54, 1.807) is 18.4 Å². The first-order valence-electron chi connectivity index (χ1n) is 6.73. The number of benzene rings is 1. The van der Waals surface area contributed by atoms with E-state index in [1.807, 2.05) is 33.9 Å². The van der Waals surface area contributed by atoms with Gasteiger partial charge in [-0.2, -0.15) is 11.3 Å². The first kappa shape index (κ1) is 13.2. The Hall–Kier alpha value is -1.81. The van der Waals surface area contributed by atoms with Crippen LogP contribution in [0.25, 0.3) is 0 Å². The molecule has 0 bridgehead atoms. The van der Waals surface area contributed by atoms with Crippen molar-refractivity contribution in [2.75, 3.05) is 20.2 Å². The molecule has 3 rings (SSSR count). The summed E-state index contributed by atoms with van der Waals surface area (Å²) >= 11 is 1.57. The zero-order chi connectivity index (χ0) is 13.9. The van der Waals surface area contributed by atoms with Crippen molar-refractivity contribution < 1.29 is 9.53 Å². The van der Waals surface area contributed by atoms with Crippen molar-refractivity contribution in [3.05, 3.63) is 52.2 Å². The predicted molar refractivity (Wildman–Crippen MR) is 80.6 cm³/mol. The summed E-state index contributed by atoms with van der Waals surface area (Å²) in [7, 11) is 1.67. The Labute approximate surface area is 122 Å². The molecular weight excluding hydrogens is 270 g/mol. The number of rotatable bonds is 3. The monoisotopic (exact) mass is 287 g/mol. The fourth-order valence-electron chi connectivity index (χ4n) is 2.66. The minimum absolute atomic E-state index is 0.155. The molecule has 2 heterocycles. The van der Waals surface area contributed by atoms with Crippen LogP contribution in [0.4, 0.5) is 0 Å². The van der Waals surface area contributed by atoms with Crippen LogP contribution in [0.5, 0.6) is 5.75 Å². The number of hydrogen-bond donors (Lipinski definition) is 0. The third kappa shape index (κ3) is 2.56. The van der Waals surface area contributed by atoms with Crippen LogP contribution in [0.3, 0.4) is 0 Å². The van der Waals surface area contributed by atoms with E-state index >= 15 is 0 Å². The van der Waals surface area contributed by atoms with Crippen molar-refractivity contribution >= 4 is 17.2 Å². The highest BCUT2D eigenvalue weighted by atomic mass is 32.1. The third-order valence-corrected chi connectivity index (χ3v) is 4.51. The van der Waals surface area contributed by atoms with Crippen LogP contribution >= 0.6 is 11.3 Å². The number of likely N-dealkylation sites (tertiary alicyclic amines) is 1. The van der Waals surface area contributed by atoms with Gasteiger partial charge in [-0.3, -0.25) is 4.79 Å². The molecule has 104 valence electrons. The molecule has 1 aliphatic heterocycles. The Morgan fingerprint density at radius 2 is 2.10 bits per heavy atom. The molecule has 1 amide bonds. The standard InChI is InChI=1S/C16H17NO2S/c1-19-15-4-2-12(3-5-15)13-6-8-17(10-13)16(18)14-7-9-20-11-14/h2-5,7,9,11,13H,6,8,10H2,1H3/t13-/m0/s1. The molecule has 0 N–H and O–H groups in total. The number of amides is 1. The first-order valence-corrected chi connectivity index (χ1v) is 7.67. The quantitative estimate of drug-likeness (QED) is 0.866. The molecule has 1 saturated heterocycles. The topological polar surface area (TPSA) is 29.5 Å². The molecule has 1 atom stereocenters. The number of carbonyl (C=O) groups is 1. The third-order valence-electron chi connectivity index (χ3n) is 3.83. The van der Waals surface area contributed by atoms with Gasteiger partial charge in [0.1, 0.15) is 5.75 Å². The number of hydrogen-bond acceptors (Lipinski definition) is 3. The van der Waals surface area contributed by atoms with Crippen molar-refractivity contribution in [3.63, 3.8) is 0 Å². The van der Waals surface area contributed by atoms with Gasteiger partial charge in [-0.25, -0.2) is 0 Å². The number of nitrogens with zero attached hydrogens (tertiary/aromatic N) is 1. The Morgan fingerprint density at radius 1 is 1.30 bits per heavy atom. The van der Waals surface area contributed by atoms with Crippen molar-refractivity contribution in [2.45, 2.75) is 12.3 Å². The smallest absolute Gasteiger partial charge is 0.254 e. The summed E-state index contributed by atoms with van der Waals surface area (Å²) in [5.41, 5.74) is 2.09. The second kappa shape index (κ2) is 5.67. The highest BCUT2D eigenvalue weighted by Crippen LogP contribution is 2.29. The van der Waals surface area contributed by atoms with E-state index in [4.69, 9.17) is 4.74 Å². The van der Waals surface area contributed by atoms with Gasteiger partial charge in [0.05, 0.1) is 12.7 Å². The van der Waals surface area contributed by atoms with Gasteiger partial charge in [-0.15, -0.1) is 0 Å². The van der Waals surface area contributed by atoms with Gasteiger partial charge in [-0.05, 0) is 35.6 Å². The van der Waals surface area contributed by atoms with Gasteiger partial charge in [0.25, 0.3) is 5.91 Å². The molecule has 1 aliphatic rings. The van der Waals surface area contributed by atoms with Crippen LogP contribution in [0.1, 0.15) is 28.3 Å². The van der Waals surface area contributed by atoms with Crippen LogP contribution in [-0.2, 0) is 0 Å². The fraction of sp³-hybridized carbons (Fsp3) is 0.312. The van der Waals surface area contributed by atoms with Crippen molar-refractivity contribution in [2.24, 2.45) is 0 Å². The molecule has 0 radical (unpaired) electrons. The van der Waals surface area contributed by atoms with Crippen LogP contribution < -0.4 is 4.74 Å². The first-order chi connectivity index (χ1) is 9.78. The highest BCUT2D eigenvalue weighted by molar-refractivity contribution is 7.08. The Kier molecular flexibility index (Phi) is 3.74. The molecular formula is C16H17NO2S. The lowest BCUT2D eigenvalue weighted by Crippen LogP contribution is -2.28. The van der Waals surface area contributed by atoms with Crippen LogP contribution in [0.15, 0.2) is 41.1 Å². The number of carbonyl (C=O) groups excluding carboxylic acids is 1. The fourth-order valence-corrected chi connectivity index (χ4v) is 3.29. The molecule has 1 aromatic carbocycles. The van der Waals surface area contributed by atoms with E-state index in [0.717, 1.165) is 30.8 Å². The summed E-state index contributed by atoms with van der Waals surface area (Å²) in [6.45, 7) is 1.65. The molecule has 0 spiro atoms. The average Bonchev–Trinajstić information content (AvgIpc) is 3.18. The van der Waals surface area contributed by atoms with E-state index in [-0.39, 0.29) is 5.91 Å². The molecule has 0 aliphatic carbocycles. The predicted octanol–water partition coefficient (Wildman–Crippen LogP) is 3.39. The van der Waals surface area contributed by atoms with Gasteiger partial charge in [0, 0.05) is 24.4 Å². The van der Waals surface area contributed by atoms with Crippen molar-refractivity contribution in [3.8, 4) is 5.75 Å². The SMILES string of the molecule is COc1ccc([C@H]2CCN(C(=O)c3ccsc3)C2)cc1. The van der Waals surface area contributed by atoms with E-state index in [1.165, 1.54) is 5.56 Å². The maximum Gasteiger partial charge on any atom is 0.254 e. The lowest BCUT2D eigenvalue weighted by atomic mass is 9.98. The summed E-state index contributed by atoms with van der Waals surface area (Å²) in [6, 6.07) is 10.1. The van der Waals surface area contributed by atoms with Gasteiger partial charge >= 0.3 is 0 Å². The van der Waals surface area contributed by atoms with Crippen molar-refractivity contribution in [1.29, 1.82) is 0 Å². The van der Waals surface area contributed by atoms with Gasteiger partial charge in [0.2, 0.25) is 0 Å².